The minimum atomic E-state index is -0.714. The van der Waals surface area contributed by atoms with Crippen LogP contribution >= 0.6 is 25.3 Å². The van der Waals surface area contributed by atoms with Crippen molar-refractivity contribution in [2.24, 2.45) is 0 Å². The molecule has 0 spiro atoms. The van der Waals surface area contributed by atoms with Gasteiger partial charge < -0.3 is 15.0 Å². The van der Waals surface area contributed by atoms with Crippen LogP contribution in [0.1, 0.15) is 36.2 Å². The van der Waals surface area contributed by atoms with Gasteiger partial charge in [-0.25, -0.2) is 0 Å². The second-order valence-corrected chi connectivity index (χ2v) is 8.86. The number of Topliss-reactive ketones (excluding diaryl/α,β-unsaturated/α-hetero) is 1. The molecule has 4 rings (SSSR count). The summed E-state index contributed by atoms with van der Waals surface area (Å²) in [7, 11) is 0. The molecule has 33 heavy (non-hydrogen) atoms. The Morgan fingerprint density at radius 2 is 1.76 bits per heavy atom. The number of hydrogen-bond donors (Lipinski definition) is 1. The molecule has 0 aromatic heterocycles. The fourth-order valence-corrected chi connectivity index (χ4v) is 5.12. The lowest BCUT2D eigenvalue weighted by Gasteiger charge is -2.37. The topological polar surface area (TPSA) is 75.7 Å². The van der Waals surface area contributed by atoms with Crippen LogP contribution in [0.15, 0.2) is 60.7 Å². The predicted octanol–water partition coefficient (Wildman–Crippen LogP) is 3.43. The first-order valence-electron chi connectivity index (χ1n) is 10.6. The first-order chi connectivity index (χ1) is 15.1. The normalized spacial score (nSPS) is 20.1. The van der Waals surface area contributed by atoms with Crippen molar-refractivity contribution in [2.75, 3.05) is 18.9 Å². The highest BCUT2D eigenvalue weighted by Crippen LogP contribution is 2.27. The van der Waals surface area contributed by atoms with E-state index in [-0.39, 0.29) is 51.2 Å². The molecule has 2 aliphatic heterocycles. The number of ether oxygens (including phenoxy) is 1. The van der Waals surface area contributed by atoms with Crippen molar-refractivity contribution in [2.45, 2.75) is 44.2 Å². The lowest BCUT2D eigenvalue weighted by atomic mass is 9.97. The van der Waals surface area contributed by atoms with Crippen molar-refractivity contribution in [3.05, 3.63) is 71.8 Å². The number of thioether (sulfide) groups is 1. The third-order valence-corrected chi connectivity index (χ3v) is 6.77. The van der Waals surface area contributed by atoms with Crippen LogP contribution in [0.5, 0.6) is 0 Å². The van der Waals surface area contributed by atoms with Crippen LogP contribution in [-0.2, 0) is 20.1 Å². The molecule has 3 atom stereocenters. The van der Waals surface area contributed by atoms with Gasteiger partial charge >= 0.3 is 0 Å². The van der Waals surface area contributed by atoms with E-state index in [1.807, 2.05) is 36.4 Å². The van der Waals surface area contributed by atoms with Crippen LogP contribution in [0.25, 0.3) is 0 Å². The molecule has 2 aromatic rings. The number of carbonyl (C=O) groups is 3. The van der Waals surface area contributed by atoms with E-state index < -0.39 is 12.1 Å². The second-order valence-electron chi connectivity index (χ2n) is 7.83. The van der Waals surface area contributed by atoms with E-state index in [4.69, 9.17) is 4.74 Å². The number of ketones is 1. The van der Waals surface area contributed by atoms with Crippen LogP contribution in [0.3, 0.4) is 0 Å². The van der Waals surface area contributed by atoms with Gasteiger partial charge in [0.15, 0.2) is 5.78 Å². The fraction of sp³-hybridized carbons (Fsp3) is 0.400. The molecule has 6 nitrogen and oxygen atoms in total. The third kappa shape index (κ3) is 6.62. The highest BCUT2D eigenvalue weighted by Gasteiger charge is 2.45. The number of piperidine rings is 1. The quantitative estimate of drug-likeness (QED) is 0.646. The Bertz CT molecular complexity index is 927. The highest BCUT2D eigenvalue weighted by atomic mass is 32.2. The maximum Gasteiger partial charge on any atom is 0.251 e. The molecule has 2 aromatic carbocycles. The van der Waals surface area contributed by atoms with Gasteiger partial charge in [0.1, 0.15) is 18.7 Å². The van der Waals surface area contributed by atoms with E-state index in [1.54, 1.807) is 40.9 Å². The first-order valence-corrected chi connectivity index (χ1v) is 11.7. The van der Waals surface area contributed by atoms with Crippen LogP contribution in [0, 0.1) is 0 Å². The number of hydrogen-bond acceptors (Lipinski definition) is 5. The zero-order valence-corrected chi connectivity index (χ0v) is 19.6. The Morgan fingerprint density at radius 3 is 2.45 bits per heavy atom. The zero-order chi connectivity index (χ0) is 21.6. The molecule has 2 fully saturated rings. The van der Waals surface area contributed by atoms with Gasteiger partial charge in [-0.05, 0) is 30.5 Å². The van der Waals surface area contributed by atoms with Crippen molar-refractivity contribution in [1.82, 2.24) is 10.2 Å². The smallest absolute Gasteiger partial charge is 0.251 e. The predicted molar refractivity (Wildman–Crippen MR) is 137 cm³/mol. The van der Waals surface area contributed by atoms with E-state index in [2.05, 4.69) is 5.32 Å². The summed E-state index contributed by atoms with van der Waals surface area (Å²) in [4.78, 5) is 40.3. The Morgan fingerprint density at radius 1 is 1.09 bits per heavy atom. The summed E-state index contributed by atoms with van der Waals surface area (Å²) in [6.07, 6.45) is 1.34. The van der Waals surface area contributed by atoms with Crippen molar-refractivity contribution in [3.63, 3.8) is 0 Å². The fourth-order valence-electron chi connectivity index (χ4n) is 4.11. The summed E-state index contributed by atoms with van der Waals surface area (Å²) in [5.41, 5.74) is 1.66. The summed E-state index contributed by atoms with van der Waals surface area (Å²) in [6.45, 7) is 0.569. The zero-order valence-electron chi connectivity index (χ0n) is 17.7. The Kier molecular flexibility index (Phi) is 10.5. The summed E-state index contributed by atoms with van der Waals surface area (Å²) < 4.78 is 5.58. The Balaban J connectivity index is 0.00000193. The molecule has 0 unspecified atom stereocenters. The minimum absolute atomic E-state index is 0. The summed E-state index contributed by atoms with van der Waals surface area (Å²) in [6, 6.07) is 17.6. The minimum Gasteiger partial charge on any atom is -0.368 e. The molecule has 0 aliphatic carbocycles. The number of nitrogens with zero attached hydrogens (tertiary/aromatic N) is 1. The maximum absolute atomic E-state index is 13.5. The highest BCUT2D eigenvalue weighted by molar-refractivity contribution is 7.98. The molecular weight excluding hydrogens is 456 g/mol. The number of fused-ring (bicyclic) bond motifs is 1. The third-order valence-electron chi connectivity index (χ3n) is 5.66. The summed E-state index contributed by atoms with van der Waals surface area (Å²) >= 11 is 1.59. The number of benzene rings is 2. The Hall–Kier alpha value is -2.29. The molecule has 2 amide bonds. The van der Waals surface area contributed by atoms with Gasteiger partial charge in [0.05, 0.1) is 6.10 Å². The molecular formula is C25H32N2O4S2. The SMILES string of the molecule is C.O=C(N[C@@H](CSCc1ccccc1)C(=O)N1CCC[C@H]2OCC(=O)[C@H]21)c1ccccc1.S. The molecule has 8 heteroatoms. The van der Waals surface area contributed by atoms with E-state index in [9.17, 15) is 14.4 Å². The number of likely N-dealkylation sites (tertiary alicyclic amines) is 1. The van der Waals surface area contributed by atoms with E-state index in [0.717, 1.165) is 24.2 Å². The van der Waals surface area contributed by atoms with E-state index in [1.165, 1.54) is 0 Å². The second kappa shape index (κ2) is 12.8. The number of amides is 2. The van der Waals surface area contributed by atoms with Gasteiger partial charge in [0, 0.05) is 23.6 Å². The van der Waals surface area contributed by atoms with Gasteiger partial charge in [-0.1, -0.05) is 56.0 Å². The molecule has 2 heterocycles. The van der Waals surface area contributed by atoms with Crippen molar-refractivity contribution in [3.8, 4) is 0 Å². The molecule has 0 radical (unpaired) electrons. The average Bonchev–Trinajstić information content (AvgIpc) is 3.20. The number of nitrogens with one attached hydrogen (secondary N) is 1. The number of carbonyl (C=O) groups excluding carboxylic acids is 3. The monoisotopic (exact) mass is 488 g/mol. The van der Waals surface area contributed by atoms with Crippen molar-refractivity contribution >= 4 is 42.9 Å². The molecule has 2 saturated heterocycles. The van der Waals surface area contributed by atoms with Gasteiger partial charge in [-0.3, -0.25) is 14.4 Å². The molecule has 2 aliphatic rings. The lowest BCUT2D eigenvalue weighted by molar-refractivity contribution is -0.141. The van der Waals surface area contributed by atoms with Gasteiger partial charge in [-0.15, -0.1) is 0 Å². The van der Waals surface area contributed by atoms with Gasteiger partial charge in [0.25, 0.3) is 5.91 Å². The molecule has 0 saturated carbocycles. The van der Waals surface area contributed by atoms with Gasteiger partial charge in [-0.2, -0.15) is 25.3 Å². The summed E-state index contributed by atoms with van der Waals surface area (Å²) in [5.74, 6) is 0.609. The molecule has 178 valence electrons. The molecule has 0 bridgehead atoms. The van der Waals surface area contributed by atoms with Crippen molar-refractivity contribution < 1.29 is 19.1 Å². The van der Waals surface area contributed by atoms with Gasteiger partial charge in [0.2, 0.25) is 5.91 Å². The Labute approximate surface area is 206 Å². The van der Waals surface area contributed by atoms with Crippen LogP contribution in [-0.4, -0.2) is 59.6 Å². The maximum atomic E-state index is 13.5. The summed E-state index contributed by atoms with van der Waals surface area (Å²) in [5, 5.41) is 2.91. The van der Waals surface area contributed by atoms with E-state index in [0.29, 0.717) is 17.9 Å². The number of rotatable bonds is 7. The lowest BCUT2D eigenvalue weighted by Crippen LogP contribution is -2.58. The molecule has 1 N–H and O–H groups in total. The van der Waals surface area contributed by atoms with Crippen LogP contribution in [0.4, 0.5) is 0 Å². The van der Waals surface area contributed by atoms with Crippen LogP contribution in [0.2, 0.25) is 0 Å². The van der Waals surface area contributed by atoms with Crippen LogP contribution < -0.4 is 5.32 Å². The first kappa shape index (κ1) is 27.0. The van der Waals surface area contributed by atoms with E-state index >= 15 is 0 Å². The van der Waals surface area contributed by atoms with Crippen molar-refractivity contribution in [1.29, 1.82) is 0 Å². The standard InChI is InChI=1S/C24H26N2O4S.CH4.H2S/c27-20-14-30-21-12-7-13-26(22(20)21)24(29)19(16-31-15-17-8-3-1-4-9-17)25-23(28)18-10-5-2-6-11-18;;/h1-6,8-11,19,21-22H,7,12-16H2,(H,25,28);1H4;1H2/t19-,21+,22+;;/m0../s1. The average molecular weight is 489 g/mol. The largest absolute Gasteiger partial charge is 0.368 e.